The highest BCUT2D eigenvalue weighted by atomic mass is 79.9. The molecule has 1 aromatic heterocycles. The van der Waals surface area contributed by atoms with Gasteiger partial charge in [0.25, 0.3) is 0 Å². The molecule has 0 fully saturated rings. The fourth-order valence-electron chi connectivity index (χ4n) is 1.63. The molecule has 0 aliphatic rings. The molecule has 1 heterocycles. The van der Waals surface area contributed by atoms with E-state index in [9.17, 15) is 9.18 Å². The predicted molar refractivity (Wildman–Crippen MR) is 72.6 cm³/mol. The first kappa shape index (κ1) is 14.6. The second-order valence-corrected chi connectivity index (χ2v) is 5.35. The molecule has 0 radical (unpaired) electrons. The maximum Gasteiger partial charge on any atom is 0.307 e. The van der Waals surface area contributed by atoms with Crippen LogP contribution >= 0.6 is 15.9 Å². The van der Waals surface area contributed by atoms with Gasteiger partial charge in [-0.2, -0.15) is 4.98 Å². The summed E-state index contributed by atoms with van der Waals surface area (Å²) in [7, 11) is 0. The molecule has 1 aromatic carbocycles. The molecule has 20 heavy (non-hydrogen) atoms. The molecule has 2 aromatic rings. The Labute approximate surface area is 122 Å². The third-order valence-corrected chi connectivity index (χ3v) is 3.83. The average molecular weight is 343 g/mol. The number of aliphatic carboxylic acids is 1. The normalized spacial score (nSPS) is 14.0. The van der Waals surface area contributed by atoms with Gasteiger partial charge in [0, 0.05) is 16.0 Å². The van der Waals surface area contributed by atoms with Crippen LogP contribution in [-0.4, -0.2) is 21.2 Å². The van der Waals surface area contributed by atoms with Gasteiger partial charge in [-0.05, 0) is 18.2 Å². The smallest absolute Gasteiger partial charge is 0.307 e. The molecule has 2 unspecified atom stereocenters. The maximum absolute atomic E-state index is 13.2. The Morgan fingerprint density at radius 2 is 2.15 bits per heavy atom. The number of rotatable bonds is 4. The van der Waals surface area contributed by atoms with Crippen LogP contribution < -0.4 is 0 Å². The molecule has 2 rings (SSSR count). The van der Waals surface area contributed by atoms with Gasteiger partial charge in [-0.3, -0.25) is 4.79 Å². The fraction of sp³-hybridized carbons (Fsp3) is 0.308. The summed E-state index contributed by atoms with van der Waals surface area (Å²) in [4.78, 5) is 15.1. The SMILES string of the molecule is CC(C(=O)O)C(C)c1nc(-c2cc(F)ccc2Br)no1. The molecular weight excluding hydrogens is 331 g/mol. The summed E-state index contributed by atoms with van der Waals surface area (Å²) in [6, 6.07) is 4.14. The van der Waals surface area contributed by atoms with Crippen LogP contribution in [0.5, 0.6) is 0 Å². The zero-order chi connectivity index (χ0) is 14.9. The number of benzene rings is 1. The number of nitrogens with zero attached hydrogens (tertiary/aromatic N) is 2. The lowest BCUT2D eigenvalue weighted by Gasteiger charge is -2.10. The molecule has 0 saturated carbocycles. The van der Waals surface area contributed by atoms with Gasteiger partial charge in [-0.1, -0.05) is 34.9 Å². The second-order valence-electron chi connectivity index (χ2n) is 4.50. The highest BCUT2D eigenvalue weighted by molar-refractivity contribution is 9.10. The van der Waals surface area contributed by atoms with Gasteiger partial charge in [0.05, 0.1) is 5.92 Å². The van der Waals surface area contributed by atoms with Gasteiger partial charge in [-0.25, -0.2) is 4.39 Å². The van der Waals surface area contributed by atoms with Crippen LogP contribution in [0.15, 0.2) is 27.2 Å². The van der Waals surface area contributed by atoms with Crippen molar-refractivity contribution in [3.63, 3.8) is 0 Å². The summed E-state index contributed by atoms with van der Waals surface area (Å²) in [5.41, 5.74) is 0.454. The van der Waals surface area contributed by atoms with Gasteiger partial charge in [0.1, 0.15) is 5.82 Å². The Morgan fingerprint density at radius 3 is 2.80 bits per heavy atom. The first-order valence-corrected chi connectivity index (χ1v) is 6.71. The van der Waals surface area contributed by atoms with Crippen molar-refractivity contribution in [3.8, 4) is 11.4 Å². The number of halogens is 2. The molecule has 0 saturated heterocycles. The van der Waals surface area contributed by atoms with Crippen LogP contribution in [0.4, 0.5) is 4.39 Å². The summed E-state index contributed by atoms with van der Waals surface area (Å²) in [5.74, 6) is -2.01. The number of hydrogen-bond acceptors (Lipinski definition) is 4. The summed E-state index contributed by atoms with van der Waals surface area (Å²) >= 11 is 3.28. The number of hydrogen-bond donors (Lipinski definition) is 1. The molecule has 1 N–H and O–H groups in total. The van der Waals surface area contributed by atoms with E-state index in [2.05, 4.69) is 26.1 Å². The monoisotopic (exact) mass is 342 g/mol. The maximum atomic E-state index is 13.2. The minimum Gasteiger partial charge on any atom is -0.481 e. The highest BCUT2D eigenvalue weighted by Crippen LogP contribution is 2.29. The molecule has 0 aliphatic heterocycles. The van der Waals surface area contributed by atoms with Crippen LogP contribution in [0.25, 0.3) is 11.4 Å². The highest BCUT2D eigenvalue weighted by Gasteiger charge is 2.26. The molecule has 0 amide bonds. The average Bonchev–Trinajstić information content (AvgIpc) is 2.89. The Morgan fingerprint density at radius 1 is 1.45 bits per heavy atom. The van der Waals surface area contributed by atoms with Crippen molar-refractivity contribution in [1.82, 2.24) is 10.1 Å². The van der Waals surface area contributed by atoms with Gasteiger partial charge < -0.3 is 9.63 Å². The van der Waals surface area contributed by atoms with Crippen LogP contribution in [-0.2, 0) is 4.79 Å². The lowest BCUT2D eigenvalue weighted by molar-refractivity contribution is -0.141. The Balaban J connectivity index is 2.33. The van der Waals surface area contributed by atoms with Gasteiger partial charge >= 0.3 is 5.97 Å². The minimum atomic E-state index is -0.941. The molecule has 106 valence electrons. The number of aromatic nitrogens is 2. The lowest BCUT2D eigenvalue weighted by Crippen LogP contribution is -2.16. The lowest BCUT2D eigenvalue weighted by atomic mass is 9.96. The first-order chi connectivity index (χ1) is 9.40. The van der Waals surface area contributed by atoms with E-state index in [4.69, 9.17) is 9.63 Å². The van der Waals surface area contributed by atoms with E-state index in [-0.39, 0.29) is 11.7 Å². The van der Waals surface area contributed by atoms with Gasteiger partial charge in [-0.15, -0.1) is 0 Å². The quantitative estimate of drug-likeness (QED) is 0.920. The van der Waals surface area contributed by atoms with Crippen molar-refractivity contribution in [3.05, 3.63) is 34.4 Å². The van der Waals surface area contributed by atoms with Crippen LogP contribution in [0.1, 0.15) is 25.7 Å². The van der Waals surface area contributed by atoms with Crippen LogP contribution in [0.2, 0.25) is 0 Å². The van der Waals surface area contributed by atoms with Gasteiger partial charge in [0.15, 0.2) is 0 Å². The molecule has 5 nitrogen and oxygen atoms in total. The topological polar surface area (TPSA) is 76.2 Å². The molecule has 2 atom stereocenters. The van der Waals surface area contributed by atoms with Crippen molar-refractivity contribution in [2.75, 3.05) is 0 Å². The van der Waals surface area contributed by atoms with Crippen molar-refractivity contribution in [2.24, 2.45) is 5.92 Å². The van der Waals surface area contributed by atoms with E-state index in [1.54, 1.807) is 19.9 Å². The van der Waals surface area contributed by atoms with E-state index in [1.807, 2.05) is 0 Å². The van der Waals surface area contributed by atoms with E-state index in [0.717, 1.165) is 0 Å². The number of carboxylic acids is 1. The molecule has 7 heteroatoms. The van der Waals surface area contributed by atoms with E-state index in [0.29, 0.717) is 10.0 Å². The van der Waals surface area contributed by atoms with Crippen molar-refractivity contribution < 1.29 is 18.8 Å². The third-order valence-electron chi connectivity index (χ3n) is 3.14. The zero-order valence-corrected chi connectivity index (χ0v) is 12.4. The fourth-order valence-corrected chi connectivity index (χ4v) is 2.05. The van der Waals surface area contributed by atoms with Crippen LogP contribution in [0, 0.1) is 11.7 Å². The largest absolute Gasteiger partial charge is 0.481 e. The van der Waals surface area contributed by atoms with Crippen molar-refractivity contribution in [2.45, 2.75) is 19.8 Å². The molecule has 0 spiro atoms. The van der Waals surface area contributed by atoms with Crippen molar-refractivity contribution >= 4 is 21.9 Å². The molecule has 0 bridgehead atoms. The summed E-state index contributed by atoms with van der Waals surface area (Å²) < 4.78 is 19.0. The zero-order valence-electron chi connectivity index (χ0n) is 10.8. The molecule has 0 aliphatic carbocycles. The summed E-state index contributed by atoms with van der Waals surface area (Å²) in [5, 5.41) is 12.7. The Bertz CT molecular complexity index is 644. The Kier molecular flexibility index (Phi) is 4.17. The van der Waals surface area contributed by atoms with E-state index < -0.39 is 23.6 Å². The summed E-state index contributed by atoms with van der Waals surface area (Å²) in [6.07, 6.45) is 0. The number of carboxylic acid groups (broad SMARTS) is 1. The molecular formula is C13H12BrFN2O3. The Hall–Kier alpha value is -1.76. The van der Waals surface area contributed by atoms with E-state index in [1.165, 1.54) is 12.1 Å². The minimum absolute atomic E-state index is 0.214. The third kappa shape index (κ3) is 2.87. The van der Waals surface area contributed by atoms with Gasteiger partial charge in [0.2, 0.25) is 11.7 Å². The number of carbonyl (C=O) groups is 1. The van der Waals surface area contributed by atoms with Crippen LogP contribution in [0.3, 0.4) is 0 Å². The standard InChI is InChI=1S/C13H12BrFN2O3/c1-6(7(2)13(18)19)12-16-11(17-20-12)9-5-8(15)3-4-10(9)14/h3-7H,1-2H3,(H,18,19). The summed E-state index contributed by atoms with van der Waals surface area (Å²) in [6.45, 7) is 3.26. The van der Waals surface area contributed by atoms with Crippen molar-refractivity contribution in [1.29, 1.82) is 0 Å². The predicted octanol–water partition coefficient (Wildman–Crippen LogP) is 3.46. The van der Waals surface area contributed by atoms with E-state index >= 15 is 0 Å². The first-order valence-electron chi connectivity index (χ1n) is 5.92. The second kappa shape index (κ2) is 5.70.